The number of amides is 1. The Bertz CT molecular complexity index is 1450. The minimum absolute atomic E-state index is 0.122. The number of carbonyl (C=O) groups is 1. The summed E-state index contributed by atoms with van der Waals surface area (Å²) >= 11 is 0. The molecule has 1 amide bonds. The normalized spacial score (nSPS) is 17.1. The molecular formula is C30H35N7O3. The lowest BCUT2D eigenvalue weighted by Gasteiger charge is -2.42. The number of piperazine rings is 1. The van der Waals surface area contributed by atoms with Gasteiger partial charge in [-0.2, -0.15) is 5.26 Å². The Morgan fingerprint density at radius 1 is 1.25 bits per heavy atom. The number of benzene rings is 2. The van der Waals surface area contributed by atoms with Crippen molar-refractivity contribution in [1.82, 2.24) is 19.8 Å². The van der Waals surface area contributed by atoms with Gasteiger partial charge in [-0.1, -0.05) is 30.8 Å². The van der Waals surface area contributed by atoms with Gasteiger partial charge < -0.3 is 29.4 Å². The molecule has 10 heteroatoms. The molecule has 2 aliphatic rings. The molecule has 0 saturated carbocycles. The molecule has 1 aromatic heterocycles. The lowest BCUT2D eigenvalue weighted by molar-refractivity contribution is -0.128. The van der Waals surface area contributed by atoms with E-state index in [9.17, 15) is 15.2 Å². The largest absolute Gasteiger partial charge is 0.504 e. The standard InChI is InChI=1S/C30H35N7O3/c1-4-27(39)37-14-13-36(18-22(37)9-11-31)30-24-10-12-35(19-25(24)32-20-33-30)28-23-8-6-5-7-21(23)17-26(38)29(28)40-16-15-34(2)3/h4-8,17,20,22,38H,1,9-10,12-16,18-19H2,2-3H3. The van der Waals surface area contributed by atoms with Gasteiger partial charge in [-0.15, -0.1) is 0 Å². The van der Waals surface area contributed by atoms with E-state index in [2.05, 4.69) is 38.5 Å². The number of aromatic hydroxyl groups is 1. The predicted molar refractivity (Wildman–Crippen MR) is 155 cm³/mol. The van der Waals surface area contributed by atoms with Gasteiger partial charge in [0.25, 0.3) is 0 Å². The van der Waals surface area contributed by atoms with Gasteiger partial charge in [0.1, 0.15) is 18.8 Å². The maximum Gasteiger partial charge on any atom is 0.246 e. The van der Waals surface area contributed by atoms with Crippen LogP contribution in [0, 0.1) is 11.3 Å². The van der Waals surface area contributed by atoms with E-state index in [1.807, 2.05) is 37.2 Å². The second-order valence-corrected chi connectivity index (χ2v) is 10.4. The maximum absolute atomic E-state index is 12.4. The molecule has 3 aromatic rings. The van der Waals surface area contributed by atoms with Gasteiger partial charge in [-0.3, -0.25) is 4.79 Å². The molecule has 1 N–H and O–H groups in total. The average molecular weight is 542 g/mol. The number of fused-ring (bicyclic) bond motifs is 2. The van der Waals surface area contributed by atoms with Crippen molar-refractivity contribution >= 4 is 28.2 Å². The van der Waals surface area contributed by atoms with Crippen molar-refractivity contribution in [2.75, 3.05) is 63.2 Å². The molecule has 0 spiro atoms. The smallest absolute Gasteiger partial charge is 0.246 e. The number of nitrogens with zero attached hydrogens (tertiary/aromatic N) is 7. The second-order valence-electron chi connectivity index (χ2n) is 10.4. The lowest BCUT2D eigenvalue weighted by Crippen LogP contribution is -2.55. The molecule has 10 nitrogen and oxygen atoms in total. The van der Waals surface area contributed by atoms with E-state index in [0.29, 0.717) is 51.5 Å². The highest BCUT2D eigenvalue weighted by Crippen LogP contribution is 2.45. The van der Waals surface area contributed by atoms with Crippen molar-refractivity contribution in [2.24, 2.45) is 0 Å². The number of nitriles is 1. The van der Waals surface area contributed by atoms with E-state index in [-0.39, 0.29) is 24.1 Å². The summed E-state index contributed by atoms with van der Waals surface area (Å²) in [5, 5.41) is 22.3. The van der Waals surface area contributed by atoms with Crippen LogP contribution in [0.1, 0.15) is 17.7 Å². The van der Waals surface area contributed by atoms with Crippen molar-refractivity contribution in [1.29, 1.82) is 5.26 Å². The number of hydrogen-bond donors (Lipinski definition) is 1. The summed E-state index contributed by atoms with van der Waals surface area (Å²) in [4.78, 5) is 29.8. The first kappa shape index (κ1) is 27.2. The van der Waals surface area contributed by atoms with Crippen LogP contribution >= 0.6 is 0 Å². The van der Waals surface area contributed by atoms with Crippen LogP contribution in [-0.4, -0.2) is 90.2 Å². The number of phenols is 1. The van der Waals surface area contributed by atoms with Crippen molar-refractivity contribution < 1.29 is 14.6 Å². The molecule has 208 valence electrons. The lowest BCUT2D eigenvalue weighted by atomic mass is 10.0. The fourth-order valence-electron chi connectivity index (χ4n) is 5.62. The Morgan fingerprint density at radius 2 is 2.08 bits per heavy atom. The number of aromatic nitrogens is 2. The molecule has 1 saturated heterocycles. The zero-order valence-corrected chi connectivity index (χ0v) is 23.1. The molecule has 2 aliphatic heterocycles. The van der Waals surface area contributed by atoms with Crippen LogP contribution in [0.5, 0.6) is 11.5 Å². The third-order valence-electron chi connectivity index (χ3n) is 7.61. The van der Waals surface area contributed by atoms with Crippen molar-refractivity contribution in [3.8, 4) is 17.6 Å². The van der Waals surface area contributed by atoms with Crippen LogP contribution < -0.4 is 14.5 Å². The predicted octanol–water partition coefficient (Wildman–Crippen LogP) is 2.96. The van der Waals surface area contributed by atoms with E-state index in [4.69, 9.17) is 4.74 Å². The van der Waals surface area contributed by atoms with Gasteiger partial charge in [0.15, 0.2) is 11.5 Å². The molecular weight excluding hydrogens is 506 g/mol. The highest BCUT2D eigenvalue weighted by molar-refractivity contribution is 5.99. The SMILES string of the molecule is C=CC(=O)N1CCN(c2ncnc3c2CCN(c2c(OCCN(C)C)c(O)cc4ccccc24)C3)CC1CC#N. The summed E-state index contributed by atoms with van der Waals surface area (Å²) in [6.45, 7) is 7.68. The molecule has 3 heterocycles. The van der Waals surface area contributed by atoms with E-state index >= 15 is 0 Å². The zero-order valence-electron chi connectivity index (χ0n) is 23.1. The Morgan fingerprint density at radius 3 is 2.85 bits per heavy atom. The third-order valence-corrected chi connectivity index (χ3v) is 7.61. The van der Waals surface area contributed by atoms with Crippen LogP contribution in [0.25, 0.3) is 10.8 Å². The Labute approximate surface area is 234 Å². The Kier molecular flexibility index (Phi) is 8.03. The monoisotopic (exact) mass is 541 g/mol. The number of rotatable bonds is 8. The highest BCUT2D eigenvalue weighted by Gasteiger charge is 2.33. The first-order chi connectivity index (χ1) is 19.4. The van der Waals surface area contributed by atoms with Crippen LogP contribution in [-0.2, 0) is 17.8 Å². The first-order valence-electron chi connectivity index (χ1n) is 13.6. The third kappa shape index (κ3) is 5.38. The van der Waals surface area contributed by atoms with Gasteiger partial charge in [0.05, 0.1) is 36.5 Å². The Balaban J connectivity index is 1.45. The number of phenolic OH excluding ortho intramolecular Hbond substituents is 1. The van der Waals surface area contributed by atoms with Crippen molar-refractivity contribution in [3.05, 3.63) is 60.6 Å². The summed E-state index contributed by atoms with van der Waals surface area (Å²) < 4.78 is 6.18. The molecule has 0 radical (unpaired) electrons. The summed E-state index contributed by atoms with van der Waals surface area (Å²) in [5.41, 5.74) is 2.87. The van der Waals surface area contributed by atoms with Crippen LogP contribution in [0.4, 0.5) is 11.5 Å². The van der Waals surface area contributed by atoms with Crippen LogP contribution in [0.15, 0.2) is 49.3 Å². The number of hydrogen-bond acceptors (Lipinski definition) is 9. The van der Waals surface area contributed by atoms with Gasteiger partial charge in [-0.25, -0.2) is 9.97 Å². The molecule has 5 rings (SSSR count). The fourth-order valence-corrected chi connectivity index (χ4v) is 5.62. The van der Waals surface area contributed by atoms with E-state index < -0.39 is 0 Å². The molecule has 2 aromatic carbocycles. The molecule has 0 aliphatic carbocycles. The minimum Gasteiger partial charge on any atom is -0.504 e. The quantitative estimate of drug-likeness (QED) is 0.431. The molecule has 1 atom stereocenters. The number of carbonyl (C=O) groups excluding carboxylic acids is 1. The van der Waals surface area contributed by atoms with E-state index in [1.54, 1.807) is 17.3 Å². The van der Waals surface area contributed by atoms with Crippen LogP contribution in [0.3, 0.4) is 0 Å². The minimum atomic E-state index is -0.226. The Hall–Kier alpha value is -4.36. The fraction of sp³-hybridized carbons (Fsp3) is 0.400. The van der Waals surface area contributed by atoms with E-state index in [0.717, 1.165) is 40.1 Å². The molecule has 1 fully saturated rings. The van der Waals surface area contributed by atoms with Crippen molar-refractivity contribution in [2.45, 2.75) is 25.4 Å². The average Bonchev–Trinajstić information content (AvgIpc) is 2.96. The molecule has 40 heavy (non-hydrogen) atoms. The van der Waals surface area contributed by atoms with Gasteiger partial charge in [0, 0.05) is 43.7 Å². The molecule has 1 unspecified atom stereocenters. The van der Waals surface area contributed by atoms with Gasteiger partial charge in [0.2, 0.25) is 5.91 Å². The van der Waals surface area contributed by atoms with E-state index in [1.165, 1.54) is 6.08 Å². The number of anilines is 2. The number of likely N-dealkylation sites (N-methyl/N-ethyl adjacent to an activating group) is 1. The molecule has 0 bridgehead atoms. The first-order valence-corrected chi connectivity index (χ1v) is 13.6. The van der Waals surface area contributed by atoms with Gasteiger partial charge in [-0.05, 0) is 38.0 Å². The zero-order chi connectivity index (χ0) is 28.2. The highest BCUT2D eigenvalue weighted by atomic mass is 16.5. The summed E-state index contributed by atoms with van der Waals surface area (Å²) in [6.07, 6.45) is 3.86. The van der Waals surface area contributed by atoms with Crippen molar-refractivity contribution in [3.63, 3.8) is 0 Å². The second kappa shape index (κ2) is 11.8. The summed E-state index contributed by atoms with van der Waals surface area (Å²) in [6, 6.07) is 11.8. The maximum atomic E-state index is 12.4. The summed E-state index contributed by atoms with van der Waals surface area (Å²) in [7, 11) is 3.98. The summed E-state index contributed by atoms with van der Waals surface area (Å²) in [5.74, 6) is 1.32. The topological polar surface area (TPSA) is 109 Å². The van der Waals surface area contributed by atoms with Gasteiger partial charge >= 0.3 is 0 Å². The number of ether oxygens (including phenoxy) is 1. The van der Waals surface area contributed by atoms with Crippen LogP contribution in [0.2, 0.25) is 0 Å².